The molecule has 1 spiro atoms. The van der Waals surface area contributed by atoms with Crippen LogP contribution in [0.25, 0.3) is 44.2 Å². The first kappa shape index (κ1) is 29.2. The van der Waals surface area contributed by atoms with Crippen LogP contribution in [0.4, 0.5) is 0 Å². The van der Waals surface area contributed by atoms with E-state index in [-0.39, 0.29) is 11.6 Å². The van der Waals surface area contributed by atoms with Crippen LogP contribution < -0.4 is 0 Å². The number of rotatable bonds is 4. The minimum absolute atomic E-state index is 0.0357. The molecule has 6 aromatic carbocycles. The molecule has 4 heteroatoms. The third-order valence-electron chi connectivity index (χ3n) is 11.3. The van der Waals surface area contributed by atoms with Gasteiger partial charge in [0.2, 0.25) is 0 Å². The quantitative estimate of drug-likeness (QED) is 0.191. The predicted octanol–water partition coefficient (Wildman–Crippen LogP) is 11.3. The molecule has 0 amide bonds. The summed E-state index contributed by atoms with van der Waals surface area (Å²) in [5.74, 6) is 1.68. The van der Waals surface area contributed by atoms with E-state index in [1.807, 2.05) is 0 Å². The normalized spacial score (nSPS) is 17.9. The Morgan fingerprint density at radius 3 is 2.04 bits per heavy atom. The lowest BCUT2D eigenvalue weighted by Crippen LogP contribution is -2.35. The van der Waals surface area contributed by atoms with E-state index >= 15 is 0 Å². The van der Waals surface area contributed by atoms with Gasteiger partial charge in [0, 0.05) is 34.4 Å². The molecule has 2 aliphatic carbocycles. The molecule has 0 radical (unpaired) electrons. The second kappa shape index (κ2) is 11.4. The fourth-order valence-electron chi connectivity index (χ4n) is 8.85. The van der Waals surface area contributed by atoms with E-state index in [1.165, 1.54) is 76.3 Å². The molecule has 0 bridgehead atoms. The standard InChI is InChI=1S/C46H37N3O/c1-49-44(33-15-7-3-8-16-33)47-43(32-21-19-31(20-22-32)30-13-5-2-6-14-30)48-45(49)34-23-24-39-36(27-34)37-29-42-38(35-17-9-10-18-41(35)50-42)28-40(37)46(39)25-11-4-12-26-46/h2-3,5-10,13-24,27-29,44H,4,11-12,25-26H2,1H3. The minimum atomic E-state index is -0.201. The summed E-state index contributed by atoms with van der Waals surface area (Å²) in [4.78, 5) is 12.8. The second-order valence-corrected chi connectivity index (χ2v) is 14.1. The van der Waals surface area contributed by atoms with E-state index in [9.17, 15) is 0 Å². The van der Waals surface area contributed by atoms with Crippen molar-refractivity contribution in [2.75, 3.05) is 7.05 Å². The van der Waals surface area contributed by atoms with Gasteiger partial charge in [0.1, 0.15) is 23.2 Å². The molecule has 2 heterocycles. The lowest BCUT2D eigenvalue weighted by Gasteiger charge is -2.36. The average molecular weight is 648 g/mol. The predicted molar refractivity (Wildman–Crippen MR) is 205 cm³/mol. The lowest BCUT2D eigenvalue weighted by molar-refractivity contribution is 0.353. The van der Waals surface area contributed by atoms with E-state index in [4.69, 9.17) is 14.4 Å². The van der Waals surface area contributed by atoms with E-state index in [1.54, 1.807) is 0 Å². The smallest absolute Gasteiger partial charge is 0.159 e. The number of hydrogen-bond acceptors (Lipinski definition) is 4. The number of amidine groups is 2. The summed E-state index contributed by atoms with van der Waals surface area (Å²) in [6.07, 6.45) is 5.97. The highest BCUT2D eigenvalue weighted by atomic mass is 16.3. The van der Waals surface area contributed by atoms with Gasteiger partial charge in [0.05, 0.1) is 0 Å². The van der Waals surface area contributed by atoms with Gasteiger partial charge in [-0.15, -0.1) is 0 Å². The van der Waals surface area contributed by atoms with Gasteiger partial charge in [-0.1, -0.05) is 135 Å². The summed E-state index contributed by atoms with van der Waals surface area (Å²) in [7, 11) is 2.12. The highest BCUT2D eigenvalue weighted by Crippen LogP contribution is 2.57. The van der Waals surface area contributed by atoms with Crippen molar-refractivity contribution in [1.29, 1.82) is 0 Å². The maximum Gasteiger partial charge on any atom is 0.159 e. The number of para-hydroxylation sites is 1. The van der Waals surface area contributed by atoms with Crippen molar-refractivity contribution in [3.8, 4) is 22.3 Å². The van der Waals surface area contributed by atoms with Crippen LogP contribution in [0.1, 0.15) is 66.1 Å². The Morgan fingerprint density at radius 2 is 1.24 bits per heavy atom. The molecule has 50 heavy (non-hydrogen) atoms. The Morgan fingerprint density at radius 1 is 0.580 bits per heavy atom. The lowest BCUT2D eigenvalue weighted by atomic mass is 9.67. The Hall–Kier alpha value is -5.74. The molecule has 10 rings (SSSR count). The molecule has 3 aliphatic rings. The van der Waals surface area contributed by atoms with Gasteiger partial charge in [0.15, 0.2) is 5.84 Å². The zero-order valence-corrected chi connectivity index (χ0v) is 28.1. The monoisotopic (exact) mass is 647 g/mol. The number of furan rings is 1. The largest absolute Gasteiger partial charge is 0.456 e. The Bertz CT molecular complexity index is 2470. The highest BCUT2D eigenvalue weighted by molar-refractivity contribution is 6.14. The Balaban J connectivity index is 1.12. The zero-order chi connectivity index (χ0) is 33.2. The fourth-order valence-corrected chi connectivity index (χ4v) is 8.85. The minimum Gasteiger partial charge on any atom is -0.456 e. The van der Waals surface area contributed by atoms with Gasteiger partial charge in [-0.05, 0) is 76.1 Å². The van der Waals surface area contributed by atoms with Crippen molar-refractivity contribution in [1.82, 2.24) is 4.90 Å². The molecule has 4 nitrogen and oxygen atoms in total. The van der Waals surface area contributed by atoms with E-state index in [0.717, 1.165) is 39.5 Å². The average Bonchev–Trinajstić information content (AvgIpc) is 3.67. The van der Waals surface area contributed by atoms with Crippen LogP contribution in [0.2, 0.25) is 0 Å². The van der Waals surface area contributed by atoms with Crippen LogP contribution in [-0.4, -0.2) is 23.6 Å². The molecule has 1 unspecified atom stereocenters. The maximum absolute atomic E-state index is 6.45. The molecule has 1 aromatic heterocycles. The summed E-state index contributed by atoms with van der Waals surface area (Å²) in [6, 6.07) is 50.0. The topological polar surface area (TPSA) is 41.1 Å². The molecule has 242 valence electrons. The molecule has 1 fully saturated rings. The molecule has 0 N–H and O–H groups in total. The molecule has 7 aromatic rings. The van der Waals surface area contributed by atoms with Crippen molar-refractivity contribution in [2.24, 2.45) is 9.98 Å². The molecule has 0 saturated heterocycles. The first-order valence-corrected chi connectivity index (χ1v) is 17.9. The van der Waals surface area contributed by atoms with E-state index in [2.05, 4.69) is 151 Å². The van der Waals surface area contributed by atoms with Crippen LogP contribution in [0, 0.1) is 0 Å². The maximum atomic E-state index is 6.45. The van der Waals surface area contributed by atoms with Gasteiger partial charge in [-0.3, -0.25) is 0 Å². The Labute approximate surface area is 292 Å². The van der Waals surface area contributed by atoms with Crippen LogP contribution in [0.5, 0.6) is 0 Å². The summed E-state index contributed by atoms with van der Waals surface area (Å²) in [5.41, 5.74) is 13.1. The highest BCUT2D eigenvalue weighted by Gasteiger charge is 2.44. The van der Waals surface area contributed by atoms with Gasteiger partial charge in [0.25, 0.3) is 0 Å². The van der Waals surface area contributed by atoms with Crippen LogP contribution in [-0.2, 0) is 5.41 Å². The number of aliphatic imine (C=N–C) groups is 2. The summed E-state index contributed by atoms with van der Waals surface area (Å²) in [5, 5.41) is 2.42. The Kier molecular flexibility index (Phi) is 6.67. The fraction of sp³-hybridized carbons (Fsp3) is 0.174. The number of nitrogens with zero attached hydrogens (tertiary/aromatic N) is 3. The second-order valence-electron chi connectivity index (χ2n) is 14.1. The molecule has 1 atom stereocenters. The zero-order valence-electron chi connectivity index (χ0n) is 28.1. The van der Waals surface area contributed by atoms with Crippen LogP contribution >= 0.6 is 0 Å². The van der Waals surface area contributed by atoms with Gasteiger partial charge >= 0.3 is 0 Å². The summed E-state index contributed by atoms with van der Waals surface area (Å²) >= 11 is 0. The van der Waals surface area contributed by atoms with E-state index < -0.39 is 0 Å². The van der Waals surface area contributed by atoms with Gasteiger partial charge < -0.3 is 9.32 Å². The van der Waals surface area contributed by atoms with Crippen molar-refractivity contribution < 1.29 is 4.42 Å². The molecule has 1 saturated carbocycles. The number of hydrogen-bond donors (Lipinski definition) is 0. The molecular weight excluding hydrogens is 611 g/mol. The van der Waals surface area contributed by atoms with Crippen molar-refractivity contribution in [3.63, 3.8) is 0 Å². The summed E-state index contributed by atoms with van der Waals surface area (Å²) < 4.78 is 6.45. The first-order valence-electron chi connectivity index (χ1n) is 17.9. The first-order chi connectivity index (χ1) is 24.7. The van der Waals surface area contributed by atoms with Crippen molar-refractivity contribution in [3.05, 3.63) is 167 Å². The van der Waals surface area contributed by atoms with Crippen LogP contribution in [0.3, 0.4) is 0 Å². The third-order valence-corrected chi connectivity index (χ3v) is 11.3. The van der Waals surface area contributed by atoms with Gasteiger partial charge in [-0.25, -0.2) is 9.98 Å². The van der Waals surface area contributed by atoms with Crippen molar-refractivity contribution in [2.45, 2.75) is 43.7 Å². The van der Waals surface area contributed by atoms with E-state index in [0.29, 0.717) is 0 Å². The number of fused-ring (bicyclic) bond motifs is 8. The third kappa shape index (κ3) is 4.51. The molecule has 1 aliphatic heterocycles. The van der Waals surface area contributed by atoms with Crippen molar-refractivity contribution >= 4 is 33.6 Å². The summed E-state index contributed by atoms with van der Waals surface area (Å²) in [6.45, 7) is 0. The van der Waals surface area contributed by atoms with Gasteiger partial charge in [-0.2, -0.15) is 0 Å². The number of benzene rings is 6. The molecular formula is C46H37N3O. The SMILES string of the molecule is CN1C(c2ccc3c(c2)-c2cc4oc5ccccc5c4cc2C32CCCCC2)=NC(c2ccc(-c3ccccc3)cc2)=NC1c1ccccc1. The van der Waals surface area contributed by atoms with Crippen LogP contribution in [0.15, 0.2) is 154 Å².